The first kappa shape index (κ1) is 46.3. The lowest BCUT2D eigenvalue weighted by atomic mass is 9.65. The number of nitrogens with zero attached hydrogens (tertiary/aromatic N) is 4. The van der Waals surface area contributed by atoms with Crippen molar-refractivity contribution >= 4 is 41.4 Å². The standard InChI is InChI=1S/C47H57F3N8O6/c1-29-23-33(7-8-34(29)44(63)58(28-59)39-9-10-41(60)55-43(39)62)57-21-17-46(18-22-57)15-11-30(12-16-46)27-56-19-13-32(14-20-56)52-26-31-24-38(35(25-36(31)51)45(2,3)64)54-42(61)37-5-4-6-40(53-37)47(48,49)50/h4-8,23-26,28,30,32,39,51-52,64H,9-22,27H2,1-3H3,(H,54,61)(H,55,60,62)/b31-26-,51-36?. The average Bonchev–Trinajstić information content (AvgIpc) is 3.25. The van der Waals surface area contributed by atoms with E-state index in [0.29, 0.717) is 28.9 Å². The molecule has 5 amide bonds. The van der Waals surface area contributed by atoms with Crippen LogP contribution in [0.15, 0.2) is 71.6 Å². The largest absolute Gasteiger partial charge is 0.433 e. The Morgan fingerprint density at radius 1 is 1.00 bits per heavy atom. The number of anilines is 1. The number of carbonyl (C=O) groups excluding carboxylic acids is 5. The van der Waals surface area contributed by atoms with Crippen LogP contribution in [0.4, 0.5) is 18.9 Å². The summed E-state index contributed by atoms with van der Waals surface area (Å²) in [6, 6.07) is 7.84. The maximum Gasteiger partial charge on any atom is 0.433 e. The lowest BCUT2D eigenvalue weighted by molar-refractivity contribution is -0.141. The molecule has 4 fully saturated rings. The van der Waals surface area contributed by atoms with E-state index < -0.39 is 52.8 Å². The summed E-state index contributed by atoms with van der Waals surface area (Å²) in [5.74, 6) is -1.84. The summed E-state index contributed by atoms with van der Waals surface area (Å²) in [5, 5.41) is 27.7. The second-order valence-electron chi connectivity index (χ2n) is 18.5. The van der Waals surface area contributed by atoms with Crippen molar-refractivity contribution in [2.75, 3.05) is 37.6 Å². The van der Waals surface area contributed by atoms with E-state index in [-0.39, 0.29) is 35.9 Å². The van der Waals surface area contributed by atoms with Crippen molar-refractivity contribution < 1.29 is 42.3 Å². The molecule has 0 bridgehead atoms. The van der Waals surface area contributed by atoms with Crippen molar-refractivity contribution in [2.24, 2.45) is 11.3 Å². The van der Waals surface area contributed by atoms with Gasteiger partial charge in [-0.15, -0.1) is 0 Å². The Morgan fingerprint density at radius 3 is 2.33 bits per heavy atom. The van der Waals surface area contributed by atoms with Crippen LogP contribution in [0.2, 0.25) is 0 Å². The normalized spacial score (nSPS) is 22.2. The molecule has 64 heavy (non-hydrogen) atoms. The molecule has 3 saturated heterocycles. The molecule has 7 rings (SSSR count). The van der Waals surface area contributed by atoms with Crippen molar-refractivity contribution in [1.29, 1.82) is 5.41 Å². The van der Waals surface area contributed by atoms with Gasteiger partial charge in [-0.25, -0.2) is 4.98 Å². The number of halogens is 3. The predicted octanol–water partition coefficient (Wildman–Crippen LogP) is 5.57. The Hall–Kier alpha value is -5.68. The molecular formula is C47H57F3N8O6. The van der Waals surface area contributed by atoms with Crippen LogP contribution >= 0.6 is 0 Å². The fourth-order valence-corrected chi connectivity index (χ4v) is 9.75. The van der Waals surface area contributed by atoms with E-state index in [4.69, 9.17) is 5.41 Å². The number of rotatable bonds is 11. The molecule has 1 unspecified atom stereocenters. The highest BCUT2D eigenvalue weighted by molar-refractivity contribution is 6.11. The molecule has 342 valence electrons. The number of hydrogen-bond acceptors (Lipinski definition) is 11. The summed E-state index contributed by atoms with van der Waals surface area (Å²) in [7, 11) is 0. The molecule has 1 aromatic heterocycles. The highest BCUT2D eigenvalue weighted by Gasteiger charge is 2.40. The van der Waals surface area contributed by atoms with E-state index in [0.717, 1.165) is 86.7 Å². The summed E-state index contributed by atoms with van der Waals surface area (Å²) in [4.78, 5) is 71.6. The van der Waals surface area contributed by atoms with Gasteiger partial charge in [0, 0.05) is 79.5 Å². The maximum absolute atomic E-state index is 13.4. The minimum atomic E-state index is -4.72. The summed E-state index contributed by atoms with van der Waals surface area (Å²) in [6.45, 7) is 9.62. The predicted molar refractivity (Wildman–Crippen MR) is 233 cm³/mol. The number of aromatic nitrogens is 1. The molecule has 0 radical (unpaired) electrons. The minimum absolute atomic E-state index is 0.0666. The second kappa shape index (κ2) is 18.8. The number of carbonyl (C=O) groups is 5. The van der Waals surface area contributed by atoms with E-state index in [2.05, 4.69) is 30.7 Å². The molecule has 1 saturated carbocycles. The molecule has 5 aliphatic rings. The Bertz CT molecular complexity index is 2260. The van der Waals surface area contributed by atoms with Gasteiger partial charge in [0.05, 0.1) is 11.3 Å². The number of pyridine rings is 1. The molecule has 14 nitrogen and oxygen atoms in total. The van der Waals surface area contributed by atoms with Crippen LogP contribution < -0.4 is 20.9 Å². The molecule has 5 N–H and O–H groups in total. The molecule has 2 aromatic rings. The lowest BCUT2D eigenvalue weighted by Gasteiger charge is -2.47. The smallest absolute Gasteiger partial charge is 0.388 e. The molecule has 3 aliphatic heterocycles. The van der Waals surface area contributed by atoms with Crippen LogP contribution in [-0.4, -0.2) is 106 Å². The van der Waals surface area contributed by atoms with Crippen molar-refractivity contribution in [3.8, 4) is 0 Å². The Morgan fingerprint density at radius 2 is 1.70 bits per heavy atom. The van der Waals surface area contributed by atoms with E-state index in [1.165, 1.54) is 51.7 Å². The number of allylic oxidation sites excluding steroid dienone is 3. The summed E-state index contributed by atoms with van der Waals surface area (Å²) in [6.07, 6.45) is 9.36. The van der Waals surface area contributed by atoms with Crippen LogP contribution in [0.5, 0.6) is 0 Å². The first-order valence-electron chi connectivity index (χ1n) is 22.1. The van der Waals surface area contributed by atoms with Gasteiger partial charge in [-0.3, -0.25) is 34.2 Å². The maximum atomic E-state index is 13.4. The van der Waals surface area contributed by atoms with Gasteiger partial charge in [0.15, 0.2) is 0 Å². The van der Waals surface area contributed by atoms with E-state index >= 15 is 0 Å². The van der Waals surface area contributed by atoms with Gasteiger partial charge in [0.2, 0.25) is 18.2 Å². The number of hydrogen-bond donors (Lipinski definition) is 5. The zero-order valence-corrected chi connectivity index (χ0v) is 36.5. The molecule has 17 heteroatoms. The molecule has 1 aromatic carbocycles. The third kappa shape index (κ3) is 10.6. The third-order valence-electron chi connectivity index (χ3n) is 13.6. The summed E-state index contributed by atoms with van der Waals surface area (Å²) < 4.78 is 39.8. The average molecular weight is 887 g/mol. The number of piperidine rings is 3. The second-order valence-corrected chi connectivity index (χ2v) is 18.5. The molecule has 1 spiro atoms. The van der Waals surface area contributed by atoms with Gasteiger partial charge < -0.3 is 30.9 Å². The number of amides is 5. The summed E-state index contributed by atoms with van der Waals surface area (Å²) >= 11 is 0. The zero-order valence-electron chi connectivity index (χ0n) is 36.5. The van der Waals surface area contributed by atoms with Crippen molar-refractivity contribution in [3.05, 3.63) is 94.1 Å². The van der Waals surface area contributed by atoms with Gasteiger partial charge in [0.1, 0.15) is 17.4 Å². The minimum Gasteiger partial charge on any atom is -0.388 e. The van der Waals surface area contributed by atoms with E-state index in [1.54, 1.807) is 18.3 Å². The van der Waals surface area contributed by atoms with Crippen molar-refractivity contribution in [3.63, 3.8) is 0 Å². The number of nitrogens with one attached hydrogen (secondary N) is 4. The highest BCUT2D eigenvalue weighted by atomic mass is 19.4. The number of aliphatic hydroxyl groups is 1. The first-order chi connectivity index (χ1) is 30.3. The van der Waals surface area contributed by atoms with Crippen LogP contribution in [0.1, 0.15) is 110 Å². The van der Waals surface area contributed by atoms with Gasteiger partial charge >= 0.3 is 6.18 Å². The van der Waals surface area contributed by atoms with E-state index in [9.17, 15) is 42.3 Å². The van der Waals surface area contributed by atoms with Gasteiger partial charge in [0.25, 0.3) is 11.8 Å². The Balaban J connectivity index is 0.864. The Kier molecular flexibility index (Phi) is 13.6. The Labute approximate surface area is 370 Å². The molecular weight excluding hydrogens is 830 g/mol. The van der Waals surface area contributed by atoms with Crippen LogP contribution in [0.3, 0.4) is 0 Å². The van der Waals surface area contributed by atoms with Crippen LogP contribution in [-0.2, 0) is 20.6 Å². The molecule has 1 atom stereocenters. The van der Waals surface area contributed by atoms with E-state index in [1.807, 2.05) is 19.1 Å². The number of benzene rings is 1. The van der Waals surface area contributed by atoms with Crippen LogP contribution in [0, 0.1) is 23.7 Å². The quantitative estimate of drug-likeness (QED) is 0.141. The molecule has 4 heterocycles. The van der Waals surface area contributed by atoms with Gasteiger partial charge in [-0.05, 0) is 138 Å². The number of likely N-dealkylation sites (tertiary alicyclic amines) is 1. The number of aryl methyl sites for hydroxylation is 1. The van der Waals surface area contributed by atoms with Crippen molar-refractivity contribution in [1.82, 2.24) is 30.7 Å². The fourth-order valence-electron chi connectivity index (χ4n) is 9.75. The third-order valence-corrected chi connectivity index (χ3v) is 13.6. The van der Waals surface area contributed by atoms with Crippen molar-refractivity contribution in [2.45, 2.75) is 109 Å². The van der Waals surface area contributed by atoms with Gasteiger partial charge in [-0.1, -0.05) is 6.07 Å². The lowest BCUT2D eigenvalue weighted by Crippen LogP contribution is -2.53. The zero-order chi connectivity index (χ0) is 46.0. The number of imide groups is 2. The molecule has 2 aliphatic carbocycles. The monoisotopic (exact) mass is 886 g/mol. The SMILES string of the molecule is Cc1cc(N2CCC3(CCC(CN4CCC(N/C=C5/C=C(NC(=O)c6cccc(C(F)(F)F)n6)C(C(C)(C)O)=CC5=N)CC4)CC3)CC2)ccc1C(=O)N(C=O)C1CCC(=O)NC1=O. The number of alkyl halides is 3. The van der Waals surface area contributed by atoms with Crippen LogP contribution in [0.25, 0.3) is 0 Å². The highest BCUT2D eigenvalue weighted by Crippen LogP contribution is 2.47. The first-order valence-corrected chi connectivity index (χ1v) is 22.1. The topological polar surface area (TPSA) is 188 Å². The summed E-state index contributed by atoms with van der Waals surface area (Å²) in [5.41, 5.74) is 0.348. The fraction of sp³-hybridized carbons (Fsp3) is 0.511. The van der Waals surface area contributed by atoms with Gasteiger partial charge in [-0.2, -0.15) is 13.2 Å².